The Labute approximate surface area is 132 Å². The van der Waals surface area contributed by atoms with Crippen LogP contribution < -0.4 is 0 Å². The maximum Gasteiger partial charge on any atom is 0.123 e. The van der Waals surface area contributed by atoms with E-state index in [1.165, 1.54) is 23.3 Å². The maximum absolute atomic E-state index is 13.1. The molecule has 3 rings (SSSR count). The third-order valence-electron chi connectivity index (χ3n) is 4.00. The van der Waals surface area contributed by atoms with Crippen LogP contribution in [0.2, 0.25) is 0 Å². The smallest absolute Gasteiger partial charge is 0.123 e. The van der Waals surface area contributed by atoms with E-state index in [0.29, 0.717) is 0 Å². The molecule has 2 aromatic rings. The van der Waals surface area contributed by atoms with Gasteiger partial charge in [-0.2, -0.15) is 0 Å². The molecule has 0 aromatic heterocycles. The first-order valence-electron chi connectivity index (χ1n) is 7.26. The van der Waals surface area contributed by atoms with Crippen LogP contribution in [0.4, 0.5) is 4.39 Å². The SMILES string of the molecule is O=S([O-])Cc1ccc(C2=C(c3ccc(F)cc3)CCC2)cc1. The van der Waals surface area contributed by atoms with Gasteiger partial charge in [0.2, 0.25) is 0 Å². The van der Waals surface area contributed by atoms with E-state index >= 15 is 0 Å². The lowest BCUT2D eigenvalue weighted by molar-refractivity contribution is 0.536. The van der Waals surface area contributed by atoms with Crippen molar-refractivity contribution in [3.8, 4) is 0 Å². The summed E-state index contributed by atoms with van der Waals surface area (Å²) in [6, 6.07) is 14.3. The van der Waals surface area contributed by atoms with Crippen molar-refractivity contribution in [2.75, 3.05) is 0 Å². The standard InChI is InChI=1S/C18H17FO2S/c19-16-10-8-15(9-11-16)18-3-1-2-17(18)14-6-4-13(5-7-14)12-22(20)21/h4-11H,1-3,12H2,(H,20,21)/p-1. The van der Waals surface area contributed by atoms with Crippen molar-refractivity contribution < 1.29 is 13.2 Å². The Hall–Kier alpha value is -1.78. The summed E-state index contributed by atoms with van der Waals surface area (Å²) < 4.78 is 34.5. The van der Waals surface area contributed by atoms with Crippen molar-refractivity contribution in [1.29, 1.82) is 0 Å². The van der Waals surface area contributed by atoms with Crippen LogP contribution >= 0.6 is 0 Å². The lowest BCUT2D eigenvalue weighted by Crippen LogP contribution is -1.94. The molecular formula is C18H16FO2S-. The van der Waals surface area contributed by atoms with E-state index in [2.05, 4.69) is 0 Å². The van der Waals surface area contributed by atoms with E-state index in [1.54, 1.807) is 0 Å². The number of allylic oxidation sites excluding steroid dienone is 2. The van der Waals surface area contributed by atoms with E-state index in [9.17, 15) is 13.2 Å². The van der Waals surface area contributed by atoms with Gasteiger partial charge in [-0.25, -0.2) is 4.39 Å². The predicted octanol–water partition coefficient (Wildman–Crippen LogP) is 4.30. The van der Waals surface area contributed by atoms with Gasteiger partial charge in [0, 0.05) is 5.75 Å². The molecule has 0 radical (unpaired) electrons. The Morgan fingerprint density at radius 3 is 1.91 bits per heavy atom. The van der Waals surface area contributed by atoms with Crippen molar-refractivity contribution in [1.82, 2.24) is 0 Å². The van der Waals surface area contributed by atoms with Crippen LogP contribution in [-0.4, -0.2) is 8.76 Å². The molecule has 0 N–H and O–H groups in total. The Morgan fingerprint density at radius 2 is 1.41 bits per heavy atom. The molecule has 0 saturated heterocycles. The molecule has 0 bridgehead atoms. The molecule has 1 aliphatic carbocycles. The maximum atomic E-state index is 13.1. The number of rotatable bonds is 4. The van der Waals surface area contributed by atoms with Gasteiger partial charge in [0.15, 0.2) is 0 Å². The van der Waals surface area contributed by atoms with Crippen molar-refractivity contribution in [2.45, 2.75) is 25.0 Å². The third kappa shape index (κ3) is 3.34. The minimum atomic E-state index is -2.06. The van der Waals surface area contributed by atoms with Crippen LogP contribution in [0, 0.1) is 5.82 Å². The third-order valence-corrected chi connectivity index (χ3v) is 4.57. The van der Waals surface area contributed by atoms with E-state index in [-0.39, 0.29) is 11.6 Å². The first-order chi connectivity index (χ1) is 10.6. The summed E-state index contributed by atoms with van der Waals surface area (Å²) in [5.74, 6) is -0.177. The summed E-state index contributed by atoms with van der Waals surface area (Å²) in [4.78, 5) is 0. The normalized spacial score (nSPS) is 16.1. The van der Waals surface area contributed by atoms with E-state index < -0.39 is 11.1 Å². The summed E-state index contributed by atoms with van der Waals surface area (Å²) in [6.07, 6.45) is 3.08. The summed E-state index contributed by atoms with van der Waals surface area (Å²) >= 11 is -2.06. The Balaban J connectivity index is 1.92. The monoisotopic (exact) mass is 315 g/mol. The first-order valence-corrected chi connectivity index (χ1v) is 8.51. The molecule has 2 nitrogen and oxygen atoms in total. The number of hydrogen-bond acceptors (Lipinski definition) is 2. The largest absolute Gasteiger partial charge is 0.772 e. The Morgan fingerprint density at radius 1 is 0.909 bits per heavy atom. The van der Waals surface area contributed by atoms with Crippen molar-refractivity contribution in [2.24, 2.45) is 0 Å². The van der Waals surface area contributed by atoms with Gasteiger partial charge in [-0.1, -0.05) is 47.5 Å². The minimum absolute atomic E-state index is 0.0458. The highest BCUT2D eigenvalue weighted by Crippen LogP contribution is 2.39. The summed E-state index contributed by atoms with van der Waals surface area (Å²) in [6.45, 7) is 0. The molecular weight excluding hydrogens is 299 g/mol. The van der Waals surface area contributed by atoms with Crippen LogP contribution in [0.3, 0.4) is 0 Å². The van der Waals surface area contributed by atoms with Crippen molar-refractivity contribution in [3.05, 3.63) is 71.0 Å². The zero-order valence-corrected chi connectivity index (χ0v) is 12.9. The number of hydrogen-bond donors (Lipinski definition) is 0. The second kappa shape index (κ2) is 6.55. The fraction of sp³-hybridized carbons (Fsp3) is 0.222. The molecule has 22 heavy (non-hydrogen) atoms. The highest BCUT2D eigenvalue weighted by atomic mass is 32.2. The highest BCUT2D eigenvalue weighted by Gasteiger charge is 2.17. The fourth-order valence-corrected chi connectivity index (χ4v) is 3.43. The summed E-state index contributed by atoms with van der Waals surface area (Å²) in [5, 5.41) is 0. The average molecular weight is 315 g/mol. The zero-order chi connectivity index (χ0) is 15.5. The molecule has 0 saturated carbocycles. The van der Waals surface area contributed by atoms with E-state index in [0.717, 1.165) is 36.0 Å². The van der Waals surface area contributed by atoms with Crippen LogP contribution in [0.1, 0.15) is 36.0 Å². The molecule has 114 valence electrons. The van der Waals surface area contributed by atoms with Gasteiger partial charge in [-0.05, 0) is 59.2 Å². The molecule has 0 fully saturated rings. The van der Waals surface area contributed by atoms with Gasteiger partial charge in [-0.3, -0.25) is 4.21 Å². The van der Waals surface area contributed by atoms with Gasteiger partial charge in [0.25, 0.3) is 0 Å². The Bertz CT molecular complexity index is 718. The Kier molecular flexibility index (Phi) is 4.50. The quantitative estimate of drug-likeness (QED) is 0.789. The lowest BCUT2D eigenvalue weighted by Gasteiger charge is -2.10. The zero-order valence-electron chi connectivity index (χ0n) is 12.0. The molecule has 1 aliphatic rings. The molecule has 4 heteroatoms. The van der Waals surface area contributed by atoms with Crippen LogP contribution in [0.15, 0.2) is 48.5 Å². The molecule has 1 unspecified atom stereocenters. The van der Waals surface area contributed by atoms with E-state index in [1.807, 2.05) is 36.4 Å². The molecule has 0 spiro atoms. The first kappa shape index (κ1) is 15.1. The van der Waals surface area contributed by atoms with E-state index in [4.69, 9.17) is 0 Å². The molecule has 1 atom stereocenters. The van der Waals surface area contributed by atoms with Crippen molar-refractivity contribution in [3.63, 3.8) is 0 Å². The van der Waals surface area contributed by atoms with Crippen LogP contribution in [0.5, 0.6) is 0 Å². The summed E-state index contributed by atoms with van der Waals surface area (Å²) in [7, 11) is 0. The van der Waals surface area contributed by atoms with Gasteiger partial charge in [-0.15, -0.1) is 0 Å². The predicted molar refractivity (Wildman–Crippen MR) is 86.1 cm³/mol. The van der Waals surface area contributed by atoms with Crippen molar-refractivity contribution >= 4 is 22.2 Å². The minimum Gasteiger partial charge on any atom is -0.772 e. The molecule has 0 heterocycles. The second-order valence-electron chi connectivity index (χ2n) is 5.46. The number of halogens is 1. The van der Waals surface area contributed by atoms with Gasteiger partial charge < -0.3 is 4.55 Å². The molecule has 0 aliphatic heterocycles. The topological polar surface area (TPSA) is 40.1 Å². The van der Waals surface area contributed by atoms with Crippen LogP contribution in [0.25, 0.3) is 11.1 Å². The number of benzene rings is 2. The molecule has 0 amide bonds. The second-order valence-corrected chi connectivity index (χ2v) is 6.36. The average Bonchev–Trinajstić information content (AvgIpc) is 2.97. The lowest BCUT2D eigenvalue weighted by atomic mass is 9.96. The van der Waals surface area contributed by atoms with Crippen LogP contribution in [-0.2, 0) is 16.8 Å². The highest BCUT2D eigenvalue weighted by molar-refractivity contribution is 7.78. The van der Waals surface area contributed by atoms with Gasteiger partial charge in [0.1, 0.15) is 5.82 Å². The van der Waals surface area contributed by atoms with Gasteiger partial charge in [0.05, 0.1) is 0 Å². The summed E-state index contributed by atoms with van der Waals surface area (Å²) in [5.41, 5.74) is 5.52. The van der Waals surface area contributed by atoms with Gasteiger partial charge >= 0.3 is 0 Å². The molecule has 2 aromatic carbocycles. The fourth-order valence-electron chi connectivity index (χ4n) is 2.97.